The van der Waals surface area contributed by atoms with E-state index in [1.54, 1.807) is 134 Å². The van der Waals surface area contributed by atoms with Crippen molar-refractivity contribution in [1.29, 1.82) is 10.5 Å². The molecule has 2 aliphatic rings. The summed E-state index contributed by atoms with van der Waals surface area (Å²) in [6.07, 6.45) is 14.2. The molecule has 0 fully saturated rings. The number of fused-ring (bicyclic) bond motifs is 9. The van der Waals surface area contributed by atoms with Crippen molar-refractivity contribution in [3.63, 3.8) is 0 Å². The molecular weight excluding hydrogens is 2580 g/mol. The number of pyridine rings is 6. The zero-order valence-corrected chi connectivity index (χ0v) is 82.5. The van der Waals surface area contributed by atoms with E-state index in [0.717, 1.165) is 64.2 Å². The number of hydrogen-bond acceptors (Lipinski definition) is 19. The molecule has 0 saturated heterocycles. The molecule has 22 nitrogen and oxygen atoms in total. The Labute approximate surface area is 822 Å². The van der Waals surface area contributed by atoms with Gasteiger partial charge in [-0.15, -0.1) is 102 Å². The molecule has 0 saturated carbocycles. The second kappa shape index (κ2) is 49.2. The van der Waals surface area contributed by atoms with Crippen LogP contribution in [0.25, 0.3) is 106 Å². The van der Waals surface area contributed by atoms with E-state index in [0.29, 0.717) is 50.5 Å². The van der Waals surface area contributed by atoms with E-state index < -0.39 is 35.3 Å². The molecule has 10 aromatic heterocycles. The monoisotopic (exact) mass is 2660 g/mol. The zero-order valence-electron chi connectivity index (χ0n) is 70.5. The Bertz CT molecular complexity index is 6810. The smallest absolute Gasteiger partial charge is 0.429 e. The van der Waals surface area contributed by atoms with E-state index in [1.807, 2.05) is 108 Å². The first-order valence-electron chi connectivity index (χ1n) is 38.8. The molecule has 0 bridgehead atoms. The van der Waals surface area contributed by atoms with Crippen LogP contribution in [-0.4, -0.2) is 83.8 Å². The molecule has 0 amide bonds. The minimum Gasteiger partial charge on any atom is -0.510 e. The summed E-state index contributed by atoms with van der Waals surface area (Å²) in [5.74, 6) is -3.48. The summed E-state index contributed by atoms with van der Waals surface area (Å²) in [6, 6.07) is 85.1. The second-order valence-corrected chi connectivity index (χ2v) is 29.0. The summed E-state index contributed by atoms with van der Waals surface area (Å²) >= 11 is 0. The van der Waals surface area contributed by atoms with Crippen LogP contribution in [0.1, 0.15) is 54.4 Å². The van der Waals surface area contributed by atoms with Crippen LogP contribution in [0.15, 0.2) is 290 Å². The Morgan fingerprint density at radius 1 is 0.508 bits per heavy atom. The quantitative estimate of drug-likeness (QED) is 0.0592. The average Bonchev–Trinajstić information content (AvgIpc) is 1.53. The molecule has 2 aliphatic heterocycles. The Morgan fingerprint density at radius 3 is 1.48 bits per heavy atom. The molecule has 5 radical (unpaired) electrons. The molecule has 8 aromatic carbocycles. The first kappa shape index (κ1) is 104. The van der Waals surface area contributed by atoms with Crippen LogP contribution in [0.3, 0.4) is 0 Å². The summed E-state index contributed by atoms with van der Waals surface area (Å²) in [4.78, 5) is 47.4. The van der Waals surface area contributed by atoms with Crippen LogP contribution in [0.5, 0.6) is 0 Å². The van der Waals surface area contributed by atoms with Crippen LogP contribution in [0, 0.1) is 115 Å². The average molecular weight is 2650 g/mol. The predicted octanol–water partition coefficient (Wildman–Crippen LogP) is 19.9. The molecule has 679 valence electrons. The predicted molar refractivity (Wildman–Crippen MR) is 468 cm³/mol. The van der Waals surface area contributed by atoms with E-state index in [4.69, 9.17) is 19.9 Å². The van der Waals surface area contributed by atoms with Gasteiger partial charge < -0.3 is 58.6 Å². The molecule has 12 heterocycles. The second-order valence-electron chi connectivity index (χ2n) is 29.0. The molecule has 0 unspecified atom stereocenters. The van der Waals surface area contributed by atoms with Crippen molar-refractivity contribution in [3.8, 4) is 68.9 Å². The fraction of sp³-hybridized carbons (Fsp3) is 0.102. The maximum absolute atomic E-state index is 13.2. The van der Waals surface area contributed by atoms with Gasteiger partial charge in [-0.1, -0.05) is 139 Å². The summed E-state index contributed by atoms with van der Waals surface area (Å²) in [6.45, 7) is 15.1. The summed E-state index contributed by atoms with van der Waals surface area (Å²) < 4.78 is 95.5. The number of imidazole rings is 1. The summed E-state index contributed by atoms with van der Waals surface area (Å²) in [7, 11) is 3.92. The zero-order chi connectivity index (χ0) is 89.6. The van der Waals surface area contributed by atoms with Crippen molar-refractivity contribution in [2.24, 2.45) is 5.41 Å². The molecule has 132 heavy (non-hydrogen) atoms. The fourth-order valence-electron chi connectivity index (χ4n) is 12.8. The molecule has 0 N–H and O–H groups in total. The fourth-order valence-corrected chi connectivity index (χ4v) is 12.8. The number of rotatable bonds is 8. The van der Waals surface area contributed by atoms with Gasteiger partial charge in [0.05, 0.1) is 28.6 Å². The number of alkyl halides is 3. The van der Waals surface area contributed by atoms with Gasteiger partial charge >= 0.3 is 11.8 Å². The maximum atomic E-state index is 13.2. The van der Waals surface area contributed by atoms with Gasteiger partial charge in [0.15, 0.2) is 0 Å². The Kier molecular flexibility index (Phi) is 38.8. The molecule has 18 aromatic rings. The van der Waals surface area contributed by atoms with Crippen molar-refractivity contribution in [1.82, 2.24) is 79.9 Å². The molecule has 0 aliphatic carbocycles. The van der Waals surface area contributed by atoms with Gasteiger partial charge in [-0.2, -0.15) is 68.1 Å². The maximum Gasteiger partial charge on any atom is 0.429 e. The van der Waals surface area contributed by atoms with Crippen LogP contribution in [0.2, 0.25) is 0 Å². The third kappa shape index (κ3) is 27.5. The van der Waals surface area contributed by atoms with Crippen molar-refractivity contribution in [2.75, 3.05) is 23.9 Å². The van der Waals surface area contributed by atoms with E-state index in [9.17, 15) is 35.5 Å². The number of aromatic nitrogens is 14. The van der Waals surface area contributed by atoms with Crippen LogP contribution in [-0.2, 0) is 113 Å². The van der Waals surface area contributed by atoms with Gasteiger partial charge in [0.25, 0.3) is 0 Å². The van der Waals surface area contributed by atoms with Crippen LogP contribution < -0.4 is 25.6 Å². The first-order chi connectivity index (χ1) is 61.4. The topological polar surface area (TPSA) is 265 Å². The number of benzene rings is 8. The molecule has 0 spiro atoms. The molecule has 34 heteroatoms. The van der Waals surface area contributed by atoms with Gasteiger partial charge in [0, 0.05) is 201 Å². The van der Waals surface area contributed by atoms with Crippen molar-refractivity contribution < 1.29 is 136 Å². The van der Waals surface area contributed by atoms with Crippen LogP contribution in [0.4, 0.5) is 42.1 Å². The van der Waals surface area contributed by atoms with E-state index in [1.165, 1.54) is 50.8 Å². The van der Waals surface area contributed by atoms with Gasteiger partial charge in [-0.05, 0) is 152 Å². The third-order valence-corrected chi connectivity index (χ3v) is 18.5. The van der Waals surface area contributed by atoms with Gasteiger partial charge in [0.1, 0.15) is 5.82 Å². The van der Waals surface area contributed by atoms with Crippen molar-refractivity contribution >= 4 is 60.6 Å². The van der Waals surface area contributed by atoms with Crippen molar-refractivity contribution in [2.45, 2.75) is 47.2 Å². The number of aryl methyl sites for hydroxylation is 2. The summed E-state index contributed by atoms with van der Waals surface area (Å²) in [5.41, 5.74) is 14.9. The van der Waals surface area contributed by atoms with E-state index in [2.05, 4.69) is 197 Å². The molecule has 0 atom stereocenters. The minimum absolute atomic E-state index is 0. The Balaban J connectivity index is 0.000000189. The number of anilines is 2. The Morgan fingerprint density at radius 2 is 1.02 bits per heavy atom. The van der Waals surface area contributed by atoms with Gasteiger partial charge in [-0.3, -0.25) is 47.9 Å². The normalized spacial score (nSPS) is 11.4. The molecule has 20 rings (SSSR count). The number of nitrogens with zero attached hydrogens (tertiary/aromatic N) is 20. The number of tetrazole rings is 1. The van der Waals surface area contributed by atoms with Crippen molar-refractivity contribution in [3.05, 3.63) is 397 Å². The summed E-state index contributed by atoms with van der Waals surface area (Å²) in [5, 5.41) is 42.3. The van der Waals surface area contributed by atoms with Gasteiger partial charge in [0.2, 0.25) is 0 Å². The first-order valence-corrected chi connectivity index (χ1v) is 38.8. The third-order valence-electron chi connectivity index (χ3n) is 18.5. The standard InChI is InChI=1S/C28H27N2.C12H6NO2.2C11H6F2N.2C11H9N3.C8H4F3N4.C6H4N5.5Ir/c1-18-9-8-10-19(2)26(18)25-17-29-27-22-12-7-6-11-21(22)23-15-20(16-28(3,4)5)13-14-24(23)30(25)27;14-12-9-5-3-7-13-11(9)8-4-1-2-6-10(8)15-12;2*12-8-4-5-9(10(13)7-8)11-3-1-2-6-14-11;2*1-13-6-7-14(9-13)11-4-2-10(8-12)3-5-11;9-8(10,11)7-13-6(14-15-7)5-3-1-2-4-12-5;1-2-4-7-5(3-1)6-8-10-11-9-6;;;;;/h6-11,13-15,17H,16H2,1-5H3;1-3,5-7H;2*1-4,6-7H;2*2-4,6-7,9H,1H3;1-4H;1-4H;;;;;/q4*-1;2*-2;2*-1;;;;;. The molecular formula is C98H71F7Ir5N20O2-10. The number of hydrogen-bond donors (Lipinski definition) is 0. The van der Waals surface area contributed by atoms with E-state index in [-0.39, 0.29) is 134 Å². The van der Waals surface area contributed by atoms with Gasteiger partial charge in [-0.25, -0.2) is 15.3 Å². The van der Waals surface area contributed by atoms with Crippen LogP contribution >= 0.6 is 0 Å². The van der Waals surface area contributed by atoms with E-state index >= 15 is 0 Å². The Hall–Kier alpha value is -13.2. The SMILES string of the molecule is CN1C=CN(c2[c-]cc(C#N)cc2)[CH-]1.CN1C=CN(c2[c-]cc(C#N)cc2)[CH-]1.Cc1cccc(C)c1-c1cnc2c3[c-]cccc3c3cc(CC(C)(C)C)ccc3n12.FC(F)(F)c1n[n-]c(-c2ccccn2)n1.Fc1c[c-]c(-c2ccccn2)c(F)c1.Fc1c[c-]c(-c2ccccn2)c(F)c1.O=c1oc2ccc[c-]c2c2ncccc12.[Ir].[Ir].[Ir].[Ir].[Ir].c1ccc(-c2nnn[n-]2)nc1. The largest absolute Gasteiger partial charge is 0.510 e. The number of halogens is 7. The number of nitriles is 2. The minimum atomic E-state index is -4.57.